The van der Waals surface area contributed by atoms with Crippen molar-refractivity contribution in [1.82, 2.24) is 10.2 Å². The largest absolute Gasteiger partial charge is 0.482 e. The molecule has 0 aliphatic carbocycles. The molecule has 0 aliphatic heterocycles. The molecular weight excluding hydrogens is 320 g/mol. The van der Waals surface area contributed by atoms with Crippen molar-refractivity contribution in [1.29, 1.82) is 0 Å². The summed E-state index contributed by atoms with van der Waals surface area (Å²) in [6.07, 6.45) is -0.654. The summed E-state index contributed by atoms with van der Waals surface area (Å²) in [7, 11) is 0. The minimum atomic E-state index is -0.654. The first kappa shape index (κ1) is 16.7. The van der Waals surface area contributed by atoms with Crippen LogP contribution in [0.4, 0.5) is 0 Å². The number of aryl methyl sites for hydroxylation is 1. The van der Waals surface area contributed by atoms with E-state index in [-0.39, 0.29) is 12.5 Å². The molecule has 128 valence electrons. The van der Waals surface area contributed by atoms with Gasteiger partial charge in [-0.3, -0.25) is 0 Å². The van der Waals surface area contributed by atoms with Gasteiger partial charge in [-0.1, -0.05) is 35.9 Å². The number of aromatic nitrogens is 2. The van der Waals surface area contributed by atoms with Gasteiger partial charge in [0.05, 0.1) is 0 Å². The average molecular weight is 338 g/mol. The van der Waals surface area contributed by atoms with Crippen LogP contribution >= 0.6 is 0 Å². The van der Waals surface area contributed by atoms with Crippen molar-refractivity contribution in [2.24, 2.45) is 0 Å². The minimum Gasteiger partial charge on any atom is -0.482 e. The molecule has 0 aliphatic rings. The van der Waals surface area contributed by atoms with Crippen LogP contribution in [0.3, 0.4) is 0 Å². The zero-order chi connectivity index (χ0) is 17.6. The number of para-hydroxylation sites is 1. The Bertz CT molecular complexity index is 828. The normalized spacial score (nSPS) is 11.8. The monoisotopic (exact) mass is 338 g/mol. The predicted octanol–water partition coefficient (Wildman–Crippen LogP) is 3.73. The Labute approximate surface area is 145 Å². The fraction of sp³-hybridized carbons (Fsp3) is 0.211. The van der Waals surface area contributed by atoms with E-state index >= 15 is 0 Å². The van der Waals surface area contributed by atoms with Crippen molar-refractivity contribution >= 4 is 5.97 Å². The molecule has 0 saturated heterocycles. The van der Waals surface area contributed by atoms with E-state index in [9.17, 15) is 4.79 Å². The first-order chi connectivity index (χ1) is 12.1. The molecule has 3 aromatic rings. The summed E-state index contributed by atoms with van der Waals surface area (Å²) in [6.45, 7) is 3.49. The van der Waals surface area contributed by atoms with Crippen LogP contribution in [0.1, 0.15) is 24.5 Å². The van der Waals surface area contributed by atoms with Gasteiger partial charge < -0.3 is 13.9 Å². The smallest absolute Gasteiger partial charge is 0.344 e. The highest BCUT2D eigenvalue weighted by Gasteiger charge is 2.19. The Balaban J connectivity index is 1.57. The summed E-state index contributed by atoms with van der Waals surface area (Å²) in [4.78, 5) is 11.9. The van der Waals surface area contributed by atoms with Crippen molar-refractivity contribution in [2.45, 2.75) is 20.0 Å². The number of esters is 1. The third-order valence-corrected chi connectivity index (χ3v) is 3.50. The van der Waals surface area contributed by atoms with E-state index in [0.29, 0.717) is 11.6 Å². The zero-order valence-electron chi connectivity index (χ0n) is 14.0. The molecule has 0 spiro atoms. The lowest BCUT2D eigenvalue weighted by molar-refractivity contribution is -0.152. The second-order valence-electron chi connectivity index (χ2n) is 5.55. The number of carbonyl (C=O) groups is 1. The van der Waals surface area contributed by atoms with Crippen LogP contribution in [0.15, 0.2) is 59.0 Å². The average Bonchev–Trinajstić information content (AvgIpc) is 3.12. The molecule has 25 heavy (non-hydrogen) atoms. The zero-order valence-corrected chi connectivity index (χ0v) is 14.0. The van der Waals surface area contributed by atoms with Crippen molar-refractivity contribution in [3.8, 4) is 17.2 Å². The molecule has 0 unspecified atom stereocenters. The van der Waals surface area contributed by atoms with Crippen molar-refractivity contribution < 1.29 is 18.7 Å². The highest BCUT2D eigenvalue weighted by atomic mass is 16.6. The topological polar surface area (TPSA) is 74.5 Å². The summed E-state index contributed by atoms with van der Waals surface area (Å²) >= 11 is 0. The Morgan fingerprint density at radius 1 is 1.08 bits per heavy atom. The Hall–Kier alpha value is -3.15. The number of rotatable bonds is 6. The molecule has 1 atom stereocenters. The Morgan fingerprint density at radius 3 is 2.52 bits per heavy atom. The molecule has 1 heterocycles. The van der Waals surface area contributed by atoms with Gasteiger partial charge >= 0.3 is 5.97 Å². The van der Waals surface area contributed by atoms with Crippen LogP contribution in [-0.4, -0.2) is 22.8 Å². The second kappa shape index (κ2) is 7.61. The molecule has 2 aromatic carbocycles. The van der Waals surface area contributed by atoms with Crippen LogP contribution in [0.25, 0.3) is 11.5 Å². The highest BCUT2D eigenvalue weighted by Crippen LogP contribution is 2.22. The Morgan fingerprint density at radius 2 is 1.80 bits per heavy atom. The van der Waals surface area contributed by atoms with E-state index < -0.39 is 12.1 Å². The van der Waals surface area contributed by atoms with Gasteiger partial charge in [-0.25, -0.2) is 4.79 Å². The van der Waals surface area contributed by atoms with Gasteiger partial charge in [0, 0.05) is 5.56 Å². The summed E-state index contributed by atoms with van der Waals surface area (Å²) in [5, 5.41) is 7.95. The molecule has 0 saturated carbocycles. The fourth-order valence-corrected chi connectivity index (χ4v) is 2.15. The lowest BCUT2D eigenvalue weighted by atomic mass is 10.1. The number of hydrogen-bond donors (Lipinski definition) is 0. The van der Waals surface area contributed by atoms with E-state index in [1.807, 2.05) is 49.4 Å². The molecule has 0 radical (unpaired) electrons. The predicted molar refractivity (Wildman–Crippen MR) is 90.9 cm³/mol. The summed E-state index contributed by atoms with van der Waals surface area (Å²) < 4.78 is 16.2. The minimum absolute atomic E-state index is 0.187. The maximum atomic E-state index is 11.9. The van der Waals surface area contributed by atoms with E-state index in [2.05, 4.69) is 10.2 Å². The van der Waals surface area contributed by atoms with E-state index in [4.69, 9.17) is 13.9 Å². The summed E-state index contributed by atoms with van der Waals surface area (Å²) in [5.41, 5.74) is 1.96. The molecule has 0 N–H and O–H groups in total. The van der Waals surface area contributed by atoms with Crippen LogP contribution in [-0.2, 0) is 9.53 Å². The maximum Gasteiger partial charge on any atom is 0.344 e. The van der Waals surface area contributed by atoms with Crippen LogP contribution in [0.2, 0.25) is 0 Å². The molecule has 6 heteroatoms. The number of carbonyl (C=O) groups excluding carboxylic acids is 1. The second-order valence-corrected chi connectivity index (χ2v) is 5.55. The van der Waals surface area contributed by atoms with Crippen LogP contribution in [0, 0.1) is 6.92 Å². The first-order valence-corrected chi connectivity index (χ1v) is 7.89. The summed E-state index contributed by atoms with van der Waals surface area (Å²) in [5.74, 6) is 0.722. The van der Waals surface area contributed by atoms with Crippen LogP contribution < -0.4 is 4.74 Å². The van der Waals surface area contributed by atoms with E-state index in [1.54, 1.807) is 19.1 Å². The quantitative estimate of drug-likeness (QED) is 0.638. The lowest BCUT2D eigenvalue weighted by Crippen LogP contribution is -2.17. The molecule has 1 aromatic heterocycles. The third kappa shape index (κ3) is 4.44. The molecule has 0 fully saturated rings. The van der Waals surface area contributed by atoms with Crippen molar-refractivity contribution in [3.05, 3.63) is 66.1 Å². The first-order valence-electron chi connectivity index (χ1n) is 7.89. The van der Waals surface area contributed by atoms with Crippen LogP contribution in [0.5, 0.6) is 5.75 Å². The molecule has 3 rings (SSSR count). The molecular formula is C19H18N2O4. The maximum absolute atomic E-state index is 11.9. The Kier molecular flexibility index (Phi) is 5.09. The SMILES string of the molecule is Cc1ccc(-c2nnc([C@@H](C)OC(=O)COc3ccccc3)o2)cc1. The highest BCUT2D eigenvalue weighted by molar-refractivity contribution is 5.71. The molecule has 0 amide bonds. The third-order valence-electron chi connectivity index (χ3n) is 3.50. The van der Waals surface area contributed by atoms with Gasteiger partial charge in [-0.15, -0.1) is 10.2 Å². The lowest BCUT2D eigenvalue weighted by Gasteiger charge is -2.10. The van der Waals surface area contributed by atoms with Gasteiger partial charge in [0.25, 0.3) is 5.89 Å². The number of benzene rings is 2. The van der Waals surface area contributed by atoms with E-state index in [0.717, 1.165) is 11.1 Å². The molecule has 6 nitrogen and oxygen atoms in total. The molecule has 0 bridgehead atoms. The van der Waals surface area contributed by atoms with Gasteiger partial charge in [-0.05, 0) is 38.1 Å². The van der Waals surface area contributed by atoms with Crippen molar-refractivity contribution in [2.75, 3.05) is 6.61 Å². The van der Waals surface area contributed by atoms with E-state index in [1.165, 1.54) is 0 Å². The number of nitrogens with zero attached hydrogens (tertiary/aromatic N) is 2. The summed E-state index contributed by atoms with van der Waals surface area (Å²) in [6, 6.07) is 16.8. The number of hydrogen-bond acceptors (Lipinski definition) is 6. The van der Waals surface area contributed by atoms with Gasteiger partial charge in [0.1, 0.15) is 5.75 Å². The standard InChI is InChI=1S/C19H18N2O4/c1-13-8-10-15(11-9-13)19-21-20-18(25-19)14(2)24-17(22)12-23-16-6-4-3-5-7-16/h3-11,14H,12H2,1-2H3/t14-/m1/s1. The van der Waals surface area contributed by atoms with Crippen molar-refractivity contribution in [3.63, 3.8) is 0 Å². The fourth-order valence-electron chi connectivity index (χ4n) is 2.15. The van der Waals surface area contributed by atoms with Gasteiger partial charge in [0.15, 0.2) is 12.7 Å². The van der Waals surface area contributed by atoms with Gasteiger partial charge in [-0.2, -0.15) is 0 Å². The number of ether oxygens (including phenoxy) is 2. The van der Waals surface area contributed by atoms with Gasteiger partial charge in [0.2, 0.25) is 5.89 Å².